The molecule has 1 heterocycles. The summed E-state index contributed by atoms with van der Waals surface area (Å²) in [5, 5.41) is 19.9. The molecular weight excluding hydrogens is 300 g/mol. The fourth-order valence-electron chi connectivity index (χ4n) is 1.59. The fourth-order valence-corrected chi connectivity index (χ4v) is 1.59. The molecule has 0 radical (unpaired) electrons. The minimum absolute atomic E-state index is 0. The van der Waals surface area contributed by atoms with E-state index in [1.807, 2.05) is 0 Å². The van der Waals surface area contributed by atoms with Crippen LogP contribution in [0.2, 0.25) is 0 Å². The van der Waals surface area contributed by atoms with Gasteiger partial charge in [0.05, 0.1) is 17.2 Å². The number of nitro groups is 1. The average Bonchev–Trinajstić information content (AvgIpc) is 2.39. The van der Waals surface area contributed by atoms with Crippen molar-refractivity contribution >= 4 is 22.7 Å². The number of hydrogen-bond acceptors (Lipinski definition) is 4. The molecule has 0 aliphatic carbocycles. The van der Waals surface area contributed by atoms with Gasteiger partial charge < -0.3 is 5.11 Å². The van der Waals surface area contributed by atoms with Crippen molar-refractivity contribution < 1.29 is 10.0 Å². The minimum Gasteiger partial charge on any atom is -0.392 e. The smallest absolute Gasteiger partial charge is 0.270 e. The first kappa shape index (κ1) is 14.3. The van der Waals surface area contributed by atoms with Gasteiger partial charge >= 0.3 is 0 Å². The molecule has 1 aromatic carbocycles. The van der Waals surface area contributed by atoms with E-state index in [9.17, 15) is 15.2 Å². The van der Waals surface area contributed by atoms with Crippen LogP contribution in [-0.4, -0.2) is 15.0 Å². The molecule has 0 atom stereocenters. The number of aromatic nitrogens is 1. The summed E-state index contributed by atoms with van der Waals surface area (Å²) in [5.41, 5.74) is 1.85. The van der Waals surface area contributed by atoms with Crippen LogP contribution < -0.4 is 0 Å². The molecule has 1 aromatic heterocycles. The Morgan fingerprint density at radius 3 is 2.72 bits per heavy atom. The van der Waals surface area contributed by atoms with Gasteiger partial charge in [-0.25, -0.2) is 0 Å². The second-order valence-corrected chi connectivity index (χ2v) is 3.48. The van der Waals surface area contributed by atoms with Crippen LogP contribution in [0.15, 0.2) is 42.6 Å². The lowest BCUT2D eigenvalue weighted by molar-refractivity contribution is -0.384. The molecule has 94 valence electrons. The molecule has 2 rings (SSSR count). The van der Waals surface area contributed by atoms with E-state index in [0.717, 1.165) is 0 Å². The number of nitrogens with zero attached hydrogens (tertiary/aromatic N) is 2. The van der Waals surface area contributed by atoms with E-state index in [1.54, 1.807) is 30.5 Å². The van der Waals surface area contributed by atoms with Gasteiger partial charge in [0.1, 0.15) is 0 Å². The minimum atomic E-state index is -0.453. The van der Waals surface area contributed by atoms with E-state index >= 15 is 0 Å². The lowest BCUT2D eigenvalue weighted by Gasteiger charge is -2.05. The number of aliphatic hydroxyl groups excluding tert-OH is 1. The van der Waals surface area contributed by atoms with Gasteiger partial charge in [0.15, 0.2) is 0 Å². The molecule has 0 unspecified atom stereocenters. The third kappa shape index (κ3) is 2.91. The molecule has 0 fully saturated rings. The van der Waals surface area contributed by atoms with Crippen molar-refractivity contribution in [3.8, 4) is 11.3 Å². The maximum absolute atomic E-state index is 10.7. The molecule has 0 spiro atoms. The van der Waals surface area contributed by atoms with Crippen molar-refractivity contribution in [2.24, 2.45) is 0 Å². The van der Waals surface area contributed by atoms with Gasteiger partial charge in [0.25, 0.3) is 5.69 Å². The maximum Gasteiger partial charge on any atom is 0.270 e. The molecular formula is C12H11BrN2O3. The Bertz CT molecular complexity index is 561. The third-order valence-electron chi connectivity index (χ3n) is 2.39. The van der Waals surface area contributed by atoms with E-state index in [4.69, 9.17) is 0 Å². The molecule has 0 saturated heterocycles. The van der Waals surface area contributed by atoms with Crippen molar-refractivity contribution in [1.29, 1.82) is 0 Å². The number of aliphatic hydroxyl groups is 1. The summed E-state index contributed by atoms with van der Waals surface area (Å²) in [7, 11) is 0. The average molecular weight is 311 g/mol. The SMILES string of the molecule is Br.O=[N+]([O-])c1cccc(-c2ncccc2CO)c1. The molecule has 0 aliphatic heterocycles. The lowest BCUT2D eigenvalue weighted by atomic mass is 10.1. The van der Waals surface area contributed by atoms with Crippen LogP contribution in [0, 0.1) is 10.1 Å². The molecule has 1 N–H and O–H groups in total. The Morgan fingerprint density at radius 2 is 2.06 bits per heavy atom. The van der Waals surface area contributed by atoms with Crippen molar-refractivity contribution in [3.05, 3.63) is 58.3 Å². The summed E-state index contributed by atoms with van der Waals surface area (Å²) in [6, 6.07) is 9.65. The molecule has 6 heteroatoms. The first-order valence-corrected chi connectivity index (χ1v) is 5.02. The number of halogens is 1. The highest BCUT2D eigenvalue weighted by atomic mass is 79.9. The van der Waals surface area contributed by atoms with Crippen molar-refractivity contribution in [2.45, 2.75) is 6.61 Å². The molecule has 18 heavy (non-hydrogen) atoms. The van der Waals surface area contributed by atoms with Crippen molar-refractivity contribution in [1.82, 2.24) is 4.98 Å². The zero-order valence-corrected chi connectivity index (χ0v) is 11.0. The number of hydrogen-bond donors (Lipinski definition) is 1. The summed E-state index contributed by atoms with van der Waals surface area (Å²) < 4.78 is 0. The fraction of sp³-hybridized carbons (Fsp3) is 0.0833. The zero-order chi connectivity index (χ0) is 12.3. The Kier molecular flexibility index (Phi) is 4.94. The molecule has 0 aliphatic rings. The lowest BCUT2D eigenvalue weighted by Crippen LogP contribution is -1.94. The highest BCUT2D eigenvalue weighted by Gasteiger charge is 2.10. The number of pyridine rings is 1. The Balaban J connectivity index is 0.00000162. The second-order valence-electron chi connectivity index (χ2n) is 3.48. The number of rotatable bonds is 3. The quantitative estimate of drug-likeness (QED) is 0.698. The summed E-state index contributed by atoms with van der Waals surface area (Å²) in [5.74, 6) is 0. The summed E-state index contributed by atoms with van der Waals surface area (Å²) in [6.45, 7) is -0.147. The Hall–Kier alpha value is -1.79. The summed E-state index contributed by atoms with van der Waals surface area (Å²) in [6.07, 6.45) is 1.59. The first-order valence-electron chi connectivity index (χ1n) is 5.02. The number of nitro benzene ring substituents is 1. The maximum atomic E-state index is 10.7. The van der Waals surface area contributed by atoms with Crippen LogP contribution in [0.4, 0.5) is 5.69 Å². The third-order valence-corrected chi connectivity index (χ3v) is 2.39. The normalized spacial score (nSPS) is 9.61. The van der Waals surface area contributed by atoms with Crippen LogP contribution >= 0.6 is 17.0 Å². The van der Waals surface area contributed by atoms with Crippen LogP contribution in [0.3, 0.4) is 0 Å². The van der Waals surface area contributed by atoms with E-state index in [-0.39, 0.29) is 29.3 Å². The van der Waals surface area contributed by atoms with Gasteiger partial charge in [-0.05, 0) is 6.07 Å². The van der Waals surface area contributed by atoms with Crippen molar-refractivity contribution in [3.63, 3.8) is 0 Å². The Labute approximate surface area is 114 Å². The molecule has 5 nitrogen and oxygen atoms in total. The topological polar surface area (TPSA) is 76.3 Å². The predicted molar refractivity (Wildman–Crippen MR) is 72.6 cm³/mol. The van der Waals surface area contributed by atoms with E-state index < -0.39 is 4.92 Å². The van der Waals surface area contributed by atoms with E-state index in [1.165, 1.54) is 12.1 Å². The van der Waals surface area contributed by atoms with E-state index in [2.05, 4.69) is 4.98 Å². The van der Waals surface area contributed by atoms with Crippen LogP contribution in [-0.2, 0) is 6.61 Å². The van der Waals surface area contributed by atoms with Gasteiger partial charge in [-0.2, -0.15) is 0 Å². The monoisotopic (exact) mass is 310 g/mol. The highest BCUT2D eigenvalue weighted by Crippen LogP contribution is 2.24. The molecule has 2 aromatic rings. The largest absolute Gasteiger partial charge is 0.392 e. The summed E-state index contributed by atoms with van der Waals surface area (Å²) >= 11 is 0. The Morgan fingerprint density at radius 1 is 1.28 bits per heavy atom. The molecule has 0 amide bonds. The van der Waals surface area contributed by atoms with Crippen LogP contribution in [0.25, 0.3) is 11.3 Å². The highest BCUT2D eigenvalue weighted by molar-refractivity contribution is 8.93. The van der Waals surface area contributed by atoms with Gasteiger partial charge in [0, 0.05) is 29.5 Å². The predicted octanol–water partition coefficient (Wildman–Crippen LogP) is 2.73. The second kappa shape index (κ2) is 6.23. The van der Waals surface area contributed by atoms with Gasteiger partial charge in [-0.3, -0.25) is 15.1 Å². The van der Waals surface area contributed by atoms with Gasteiger partial charge in [-0.15, -0.1) is 17.0 Å². The summed E-state index contributed by atoms with van der Waals surface area (Å²) in [4.78, 5) is 14.4. The standard InChI is InChI=1S/C12H10N2O3.BrH/c15-8-10-4-2-6-13-12(10)9-3-1-5-11(7-9)14(16)17;/h1-7,15H,8H2;1H. The number of non-ortho nitro benzene ring substituents is 1. The van der Waals surface area contributed by atoms with Gasteiger partial charge in [-0.1, -0.05) is 18.2 Å². The molecule has 0 bridgehead atoms. The first-order chi connectivity index (χ1) is 8.22. The van der Waals surface area contributed by atoms with Crippen LogP contribution in [0.1, 0.15) is 5.56 Å². The van der Waals surface area contributed by atoms with E-state index in [0.29, 0.717) is 16.8 Å². The van der Waals surface area contributed by atoms with Crippen molar-refractivity contribution in [2.75, 3.05) is 0 Å². The van der Waals surface area contributed by atoms with Crippen LogP contribution in [0.5, 0.6) is 0 Å². The molecule has 0 saturated carbocycles. The number of benzene rings is 1. The zero-order valence-electron chi connectivity index (χ0n) is 9.31. The van der Waals surface area contributed by atoms with Gasteiger partial charge in [0.2, 0.25) is 0 Å².